The molecule has 1 N–H and O–H groups in total. The van der Waals surface area contributed by atoms with Crippen LogP contribution in [0.2, 0.25) is 10.0 Å². The number of methoxy groups -OCH3 is 1. The van der Waals surface area contributed by atoms with E-state index >= 15 is 0 Å². The standard InChI is InChI=1S/C15H12BrCl2NO2/c1-8-5-12(18)13(7-11(8)17)19-15(20)10-4-3-9(16)6-14(10)21-2/h3-7H,1-2H3,(H,19,20). The van der Waals surface area contributed by atoms with E-state index in [1.54, 1.807) is 30.3 Å². The van der Waals surface area contributed by atoms with Crippen LogP contribution in [0.5, 0.6) is 5.75 Å². The fourth-order valence-corrected chi connectivity index (χ4v) is 2.55. The van der Waals surface area contributed by atoms with E-state index in [4.69, 9.17) is 27.9 Å². The maximum Gasteiger partial charge on any atom is 0.259 e. The summed E-state index contributed by atoms with van der Waals surface area (Å²) in [5.41, 5.74) is 1.72. The highest BCUT2D eigenvalue weighted by Gasteiger charge is 2.15. The highest BCUT2D eigenvalue weighted by Crippen LogP contribution is 2.30. The Morgan fingerprint density at radius 1 is 1.19 bits per heavy atom. The number of nitrogens with one attached hydrogen (secondary N) is 1. The van der Waals surface area contributed by atoms with E-state index in [2.05, 4.69) is 21.2 Å². The SMILES string of the molecule is COc1cc(Br)ccc1C(=O)Nc1cc(Cl)c(C)cc1Cl. The van der Waals surface area contributed by atoms with Crippen LogP contribution < -0.4 is 10.1 Å². The van der Waals surface area contributed by atoms with Crippen molar-refractivity contribution in [3.63, 3.8) is 0 Å². The Kier molecular flexibility index (Phi) is 5.14. The molecule has 0 aliphatic carbocycles. The van der Waals surface area contributed by atoms with Crippen molar-refractivity contribution in [2.75, 3.05) is 12.4 Å². The minimum atomic E-state index is -0.318. The van der Waals surface area contributed by atoms with Gasteiger partial charge in [0.15, 0.2) is 0 Å². The number of anilines is 1. The highest BCUT2D eigenvalue weighted by molar-refractivity contribution is 9.10. The molecule has 1 amide bonds. The van der Waals surface area contributed by atoms with E-state index in [1.807, 2.05) is 6.92 Å². The smallest absolute Gasteiger partial charge is 0.259 e. The first-order valence-electron chi connectivity index (χ1n) is 6.03. The monoisotopic (exact) mass is 387 g/mol. The predicted molar refractivity (Wildman–Crippen MR) is 89.8 cm³/mol. The molecule has 0 aliphatic heterocycles. The van der Waals surface area contributed by atoms with Gasteiger partial charge in [-0.05, 0) is 42.8 Å². The average Bonchev–Trinajstić information content (AvgIpc) is 2.44. The fourth-order valence-electron chi connectivity index (χ4n) is 1.78. The van der Waals surface area contributed by atoms with Crippen LogP contribution in [-0.4, -0.2) is 13.0 Å². The van der Waals surface area contributed by atoms with Crippen LogP contribution in [0.4, 0.5) is 5.69 Å². The second kappa shape index (κ2) is 6.69. The molecule has 21 heavy (non-hydrogen) atoms. The summed E-state index contributed by atoms with van der Waals surface area (Å²) in [4.78, 5) is 12.3. The Balaban J connectivity index is 2.32. The molecule has 0 spiro atoms. The Hall–Kier alpha value is -1.23. The number of benzene rings is 2. The van der Waals surface area contributed by atoms with Crippen LogP contribution in [0.15, 0.2) is 34.8 Å². The van der Waals surface area contributed by atoms with Crippen molar-refractivity contribution in [2.24, 2.45) is 0 Å². The number of ether oxygens (including phenoxy) is 1. The molecule has 2 aromatic carbocycles. The van der Waals surface area contributed by atoms with Crippen LogP contribution in [0.3, 0.4) is 0 Å². The molecule has 110 valence electrons. The topological polar surface area (TPSA) is 38.3 Å². The van der Waals surface area contributed by atoms with Gasteiger partial charge in [0.25, 0.3) is 5.91 Å². The van der Waals surface area contributed by atoms with Crippen LogP contribution in [0.1, 0.15) is 15.9 Å². The molecular formula is C15H12BrCl2NO2. The molecule has 0 radical (unpaired) electrons. The second-order valence-electron chi connectivity index (χ2n) is 4.38. The van der Waals surface area contributed by atoms with Gasteiger partial charge in [0.1, 0.15) is 5.75 Å². The Morgan fingerprint density at radius 3 is 2.57 bits per heavy atom. The van der Waals surface area contributed by atoms with Gasteiger partial charge in [-0.3, -0.25) is 4.79 Å². The maximum absolute atomic E-state index is 12.3. The number of hydrogen-bond acceptors (Lipinski definition) is 2. The molecule has 0 aromatic heterocycles. The van der Waals surface area contributed by atoms with Crippen molar-refractivity contribution < 1.29 is 9.53 Å². The first kappa shape index (κ1) is 16.1. The van der Waals surface area contributed by atoms with Gasteiger partial charge in [0, 0.05) is 9.50 Å². The van der Waals surface area contributed by atoms with Crippen molar-refractivity contribution in [3.05, 3.63) is 56.0 Å². The zero-order chi connectivity index (χ0) is 15.6. The van der Waals surface area contributed by atoms with Crippen LogP contribution >= 0.6 is 39.1 Å². The van der Waals surface area contributed by atoms with Crippen LogP contribution in [0, 0.1) is 6.92 Å². The van der Waals surface area contributed by atoms with Crippen molar-refractivity contribution >= 4 is 50.7 Å². The fraction of sp³-hybridized carbons (Fsp3) is 0.133. The molecule has 0 atom stereocenters. The van der Waals surface area contributed by atoms with Crippen molar-refractivity contribution in [1.29, 1.82) is 0 Å². The number of aryl methyl sites for hydroxylation is 1. The first-order valence-corrected chi connectivity index (χ1v) is 7.58. The zero-order valence-corrected chi connectivity index (χ0v) is 14.4. The quantitative estimate of drug-likeness (QED) is 0.771. The number of amides is 1. The number of halogens is 3. The summed E-state index contributed by atoms with van der Waals surface area (Å²) in [5, 5.41) is 3.71. The molecule has 0 heterocycles. The molecule has 0 fully saturated rings. The lowest BCUT2D eigenvalue weighted by atomic mass is 10.1. The average molecular weight is 389 g/mol. The van der Waals surface area contributed by atoms with E-state index in [0.29, 0.717) is 27.0 Å². The van der Waals surface area contributed by atoms with Gasteiger partial charge in [-0.2, -0.15) is 0 Å². The largest absolute Gasteiger partial charge is 0.496 e. The summed E-state index contributed by atoms with van der Waals surface area (Å²) in [6.07, 6.45) is 0. The van der Waals surface area contributed by atoms with Crippen molar-refractivity contribution in [3.8, 4) is 5.75 Å². The molecule has 0 saturated carbocycles. The van der Waals surface area contributed by atoms with E-state index in [1.165, 1.54) is 7.11 Å². The van der Waals surface area contributed by atoms with E-state index in [-0.39, 0.29) is 5.91 Å². The van der Waals surface area contributed by atoms with Gasteiger partial charge >= 0.3 is 0 Å². The Labute approximate surface area is 141 Å². The minimum absolute atomic E-state index is 0.318. The van der Waals surface area contributed by atoms with E-state index in [9.17, 15) is 4.79 Å². The molecule has 0 unspecified atom stereocenters. The lowest BCUT2D eigenvalue weighted by Crippen LogP contribution is -2.13. The number of carbonyl (C=O) groups is 1. The Morgan fingerprint density at radius 2 is 1.90 bits per heavy atom. The first-order chi connectivity index (χ1) is 9.92. The Bertz CT molecular complexity index is 704. The zero-order valence-electron chi connectivity index (χ0n) is 11.3. The van der Waals surface area contributed by atoms with Crippen molar-refractivity contribution in [2.45, 2.75) is 6.92 Å². The lowest BCUT2D eigenvalue weighted by Gasteiger charge is -2.12. The van der Waals surface area contributed by atoms with E-state index < -0.39 is 0 Å². The normalized spacial score (nSPS) is 10.3. The summed E-state index contributed by atoms with van der Waals surface area (Å²) in [7, 11) is 1.51. The lowest BCUT2D eigenvalue weighted by molar-refractivity contribution is 0.102. The predicted octanol–water partition coefficient (Wildman–Crippen LogP) is 5.33. The molecule has 0 saturated heterocycles. The van der Waals surface area contributed by atoms with Gasteiger partial charge in [-0.25, -0.2) is 0 Å². The van der Waals surface area contributed by atoms with Gasteiger partial charge in [0.2, 0.25) is 0 Å². The maximum atomic E-state index is 12.3. The summed E-state index contributed by atoms with van der Waals surface area (Å²) in [6, 6.07) is 8.49. The van der Waals surface area contributed by atoms with Crippen LogP contribution in [0.25, 0.3) is 0 Å². The molecule has 2 rings (SSSR count). The third-order valence-corrected chi connectivity index (χ3v) is 4.12. The van der Waals surface area contributed by atoms with Crippen molar-refractivity contribution in [1.82, 2.24) is 0 Å². The highest BCUT2D eigenvalue weighted by atomic mass is 79.9. The third-order valence-electron chi connectivity index (χ3n) is 2.90. The molecule has 0 aliphatic rings. The molecule has 3 nitrogen and oxygen atoms in total. The summed E-state index contributed by atoms with van der Waals surface area (Å²) >= 11 is 15.5. The summed E-state index contributed by atoms with van der Waals surface area (Å²) in [5.74, 6) is 0.150. The molecule has 0 bridgehead atoms. The number of rotatable bonds is 3. The van der Waals surface area contributed by atoms with Gasteiger partial charge in [-0.15, -0.1) is 0 Å². The second-order valence-corrected chi connectivity index (χ2v) is 6.11. The van der Waals surface area contributed by atoms with Gasteiger partial charge < -0.3 is 10.1 Å². The number of carbonyl (C=O) groups excluding carboxylic acids is 1. The van der Waals surface area contributed by atoms with E-state index in [0.717, 1.165) is 10.0 Å². The molecular weight excluding hydrogens is 377 g/mol. The third kappa shape index (κ3) is 3.70. The van der Waals surface area contributed by atoms with Gasteiger partial charge in [-0.1, -0.05) is 39.1 Å². The summed E-state index contributed by atoms with van der Waals surface area (Å²) in [6.45, 7) is 1.84. The van der Waals surface area contributed by atoms with Gasteiger partial charge in [0.05, 0.1) is 23.4 Å². The molecule has 6 heteroatoms. The summed E-state index contributed by atoms with van der Waals surface area (Å²) < 4.78 is 6.03. The number of hydrogen-bond donors (Lipinski definition) is 1. The minimum Gasteiger partial charge on any atom is -0.496 e. The van der Waals surface area contributed by atoms with Crippen LogP contribution in [-0.2, 0) is 0 Å². The molecule has 2 aromatic rings.